The molecule has 0 fully saturated rings. The summed E-state index contributed by atoms with van der Waals surface area (Å²) in [4.78, 5) is 58.4. The highest BCUT2D eigenvalue weighted by Gasteiger charge is 2.18. The van der Waals surface area contributed by atoms with Gasteiger partial charge in [-0.05, 0) is 50.1 Å². The predicted octanol–water partition coefficient (Wildman–Crippen LogP) is 3.40. The largest absolute Gasteiger partial charge is 0.335 e. The number of pyridine rings is 1. The van der Waals surface area contributed by atoms with E-state index in [1.165, 1.54) is 0 Å². The SMILES string of the molecule is CCCN(Cc1nc2cc(Cl)ccc2c(=O)[nH]1)C(=O)CCc1c(C)nc(-c2cccnc2)[nH]c1=O. The number of amides is 1. The molecule has 0 saturated carbocycles. The van der Waals surface area contributed by atoms with Gasteiger partial charge in [0.2, 0.25) is 5.91 Å². The first kappa shape index (κ1) is 24.3. The van der Waals surface area contributed by atoms with Gasteiger partial charge in [0.25, 0.3) is 11.1 Å². The molecule has 3 heterocycles. The molecular formula is C25H25ClN6O3. The standard InChI is InChI=1S/C25H25ClN6O3/c1-3-11-32(14-21-29-20-12-17(26)6-7-19(20)25(35)30-21)22(33)9-8-18-15(2)28-23(31-24(18)34)16-5-4-10-27-13-16/h4-7,10,12-13H,3,8-9,11,14H2,1-2H3,(H,28,31,34)(H,29,30,35). The van der Waals surface area contributed by atoms with E-state index in [2.05, 4.69) is 24.9 Å². The maximum atomic E-state index is 13.1. The highest BCUT2D eigenvalue weighted by molar-refractivity contribution is 6.31. The van der Waals surface area contributed by atoms with Crippen LogP contribution in [-0.2, 0) is 17.8 Å². The van der Waals surface area contributed by atoms with Crippen LogP contribution < -0.4 is 11.1 Å². The summed E-state index contributed by atoms with van der Waals surface area (Å²) in [5.41, 5.74) is 1.66. The van der Waals surface area contributed by atoms with Crippen molar-refractivity contribution < 1.29 is 4.79 Å². The molecule has 4 rings (SSSR count). The van der Waals surface area contributed by atoms with Crippen LogP contribution in [0.3, 0.4) is 0 Å². The molecule has 4 aromatic rings. The van der Waals surface area contributed by atoms with Gasteiger partial charge in [-0.2, -0.15) is 0 Å². The number of aromatic nitrogens is 5. The first-order valence-corrected chi connectivity index (χ1v) is 11.7. The van der Waals surface area contributed by atoms with E-state index in [1.807, 2.05) is 13.0 Å². The zero-order valence-corrected chi connectivity index (χ0v) is 20.2. The average molecular weight is 493 g/mol. The van der Waals surface area contributed by atoms with Crippen molar-refractivity contribution in [2.75, 3.05) is 6.54 Å². The number of H-pyrrole nitrogens is 2. The fraction of sp³-hybridized carbons (Fsp3) is 0.280. The summed E-state index contributed by atoms with van der Waals surface area (Å²) >= 11 is 6.05. The molecule has 1 aromatic carbocycles. The van der Waals surface area contributed by atoms with Crippen molar-refractivity contribution >= 4 is 28.4 Å². The number of aryl methyl sites for hydroxylation is 1. The van der Waals surface area contributed by atoms with Gasteiger partial charge in [-0.1, -0.05) is 18.5 Å². The number of aromatic amines is 2. The lowest BCUT2D eigenvalue weighted by atomic mass is 10.1. The minimum Gasteiger partial charge on any atom is -0.335 e. The van der Waals surface area contributed by atoms with Crippen LogP contribution in [0.5, 0.6) is 0 Å². The van der Waals surface area contributed by atoms with Crippen LogP contribution in [0.1, 0.15) is 36.8 Å². The number of hydrogen-bond donors (Lipinski definition) is 2. The minimum absolute atomic E-state index is 0.126. The van der Waals surface area contributed by atoms with Crippen LogP contribution in [0.2, 0.25) is 5.02 Å². The molecule has 0 saturated heterocycles. The number of nitrogens with zero attached hydrogens (tertiary/aromatic N) is 4. The van der Waals surface area contributed by atoms with E-state index in [4.69, 9.17) is 11.6 Å². The zero-order chi connectivity index (χ0) is 24.9. The summed E-state index contributed by atoms with van der Waals surface area (Å²) in [5.74, 6) is 0.675. The maximum absolute atomic E-state index is 13.1. The zero-order valence-electron chi connectivity index (χ0n) is 19.5. The van der Waals surface area contributed by atoms with Crippen LogP contribution in [0.4, 0.5) is 0 Å². The molecule has 0 atom stereocenters. The first-order valence-electron chi connectivity index (χ1n) is 11.3. The number of rotatable bonds is 8. The minimum atomic E-state index is -0.285. The Morgan fingerprint density at radius 2 is 1.94 bits per heavy atom. The van der Waals surface area contributed by atoms with E-state index < -0.39 is 0 Å². The summed E-state index contributed by atoms with van der Waals surface area (Å²) in [6, 6.07) is 8.46. The second-order valence-corrected chi connectivity index (χ2v) is 8.65. The molecule has 0 aliphatic rings. The Bertz CT molecular complexity index is 1480. The summed E-state index contributed by atoms with van der Waals surface area (Å²) in [5, 5.41) is 0.912. The van der Waals surface area contributed by atoms with E-state index in [-0.39, 0.29) is 36.4 Å². The number of nitrogens with one attached hydrogen (secondary N) is 2. The third kappa shape index (κ3) is 5.63. The summed E-state index contributed by atoms with van der Waals surface area (Å²) < 4.78 is 0. The van der Waals surface area contributed by atoms with Gasteiger partial charge >= 0.3 is 0 Å². The second kappa shape index (κ2) is 10.6. The van der Waals surface area contributed by atoms with Crippen LogP contribution in [0.15, 0.2) is 52.3 Å². The van der Waals surface area contributed by atoms with Crippen molar-refractivity contribution in [2.45, 2.75) is 39.7 Å². The molecule has 0 radical (unpaired) electrons. The number of fused-ring (bicyclic) bond motifs is 1. The van der Waals surface area contributed by atoms with E-state index in [0.29, 0.717) is 50.9 Å². The highest BCUT2D eigenvalue weighted by atomic mass is 35.5. The highest BCUT2D eigenvalue weighted by Crippen LogP contribution is 2.16. The van der Waals surface area contributed by atoms with Gasteiger partial charge < -0.3 is 14.9 Å². The Labute approximate surface area is 206 Å². The molecular weight excluding hydrogens is 468 g/mol. The maximum Gasteiger partial charge on any atom is 0.258 e. The predicted molar refractivity (Wildman–Crippen MR) is 134 cm³/mol. The molecule has 1 amide bonds. The van der Waals surface area contributed by atoms with Gasteiger partial charge in [-0.15, -0.1) is 0 Å². The lowest BCUT2D eigenvalue weighted by Crippen LogP contribution is -2.33. The topological polar surface area (TPSA) is 125 Å². The van der Waals surface area contributed by atoms with Crippen molar-refractivity contribution in [2.24, 2.45) is 0 Å². The molecule has 0 aliphatic heterocycles. The third-order valence-corrected chi connectivity index (χ3v) is 5.89. The van der Waals surface area contributed by atoms with Crippen molar-refractivity contribution in [3.05, 3.63) is 85.5 Å². The number of halogens is 1. The summed E-state index contributed by atoms with van der Waals surface area (Å²) in [6.07, 6.45) is 4.38. The summed E-state index contributed by atoms with van der Waals surface area (Å²) in [6.45, 7) is 4.36. The lowest BCUT2D eigenvalue weighted by molar-refractivity contribution is -0.131. The summed E-state index contributed by atoms with van der Waals surface area (Å²) in [7, 11) is 0. The molecule has 0 aliphatic carbocycles. The Kier molecular flexibility index (Phi) is 7.36. The Balaban J connectivity index is 1.50. The lowest BCUT2D eigenvalue weighted by Gasteiger charge is -2.22. The van der Waals surface area contributed by atoms with Crippen molar-refractivity contribution in [3.8, 4) is 11.4 Å². The monoisotopic (exact) mass is 492 g/mol. The van der Waals surface area contributed by atoms with Crippen molar-refractivity contribution in [1.29, 1.82) is 0 Å². The fourth-order valence-corrected chi connectivity index (χ4v) is 4.08. The van der Waals surface area contributed by atoms with Crippen LogP contribution >= 0.6 is 11.6 Å². The van der Waals surface area contributed by atoms with Gasteiger partial charge in [0.15, 0.2) is 0 Å². The molecule has 0 spiro atoms. The first-order chi connectivity index (χ1) is 16.9. The quantitative estimate of drug-likeness (QED) is 0.388. The van der Waals surface area contributed by atoms with Gasteiger partial charge in [-0.25, -0.2) is 9.97 Å². The van der Waals surface area contributed by atoms with E-state index >= 15 is 0 Å². The van der Waals surface area contributed by atoms with E-state index in [1.54, 1.807) is 48.5 Å². The van der Waals surface area contributed by atoms with Gasteiger partial charge in [0.05, 0.1) is 17.4 Å². The van der Waals surface area contributed by atoms with Gasteiger partial charge in [0.1, 0.15) is 11.6 Å². The van der Waals surface area contributed by atoms with E-state index in [9.17, 15) is 14.4 Å². The van der Waals surface area contributed by atoms with Crippen LogP contribution in [0, 0.1) is 6.92 Å². The second-order valence-electron chi connectivity index (χ2n) is 8.21. The Hall–Kier alpha value is -3.85. The van der Waals surface area contributed by atoms with Gasteiger partial charge in [-0.3, -0.25) is 19.4 Å². The molecule has 35 heavy (non-hydrogen) atoms. The molecule has 2 N–H and O–H groups in total. The molecule has 180 valence electrons. The van der Waals surface area contributed by atoms with Crippen LogP contribution in [-0.4, -0.2) is 42.3 Å². The molecule has 0 unspecified atom stereocenters. The molecule has 10 heteroatoms. The Morgan fingerprint density at radius 3 is 2.66 bits per heavy atom. The number of hydrogen-bond acceptors (Lipinski definition) is 6. The smallest absolute Gasteiger partial charge is 0.258 e. The van der Waals surface area contributed by atoms with Crippen molar-refractivity contribution in [1.82, 2.24) is 29.8 Å². The van der Waals surface area contributed by atoms with Crippen LogP contribution in [0.25, 0.3) is 22.3 Å². The van der Waals surface area contributed by atoms with Gasteiger partial charge in [0, 0.05) is 47.2 Å². The number of carbonyl (C=O) groups is 1. The van der Waals surface area contributed by atoms with E-state index in [0.717, 1.165) is 6.42 Å². The fourth-order valence-electron chi connectivity index (χ4n) is 3.91. The number of benzene rings is 1. The Morgan fingerprint density at radius 1 is 1.11 bits per heavy atom. The molecule has 3 aromatic heterocycles. The third-order valence-electron chi connectivity index (χ3n) is 5.65. The average Bonchev–Trinajstić information content (AvgIpc) is 2.83. The normalized spacial score (nSPS) is 11.1. The molecule has 0 bridgehead atoms. The number of carbonyl (C=O) groups excluding carboxylic acids is 1. The van der Waals surface area contributed by atoms with Crippen molar-refractivity contribution in [3.63, 3.8) is 0 Å². The molecule has 9 nitrogen and oxygen atoms in total.